The van der Waals surface area contributed by atoms with E-state index in [1.165, 1.54) is 19.3 Å². The molecule has 1 fully saturated rings. The van der Waals surface area contributed by atoms with Gasteiger partial charge in [0.25, 0.3) is 0 Å². The van der Waals surface area contributed by atoms with Gasteiger partial charge in [0.05, 0.1) is 6.04 Å². The molecule has 0 radical (unpaired) electrons. The standard InChI is InChI=1S/C13H26N4O/c1-3-9-15-12(18)10(2)16-13(14)17-11-7-5-4-6-8-11/h10-11H,3-9H2,1-2H3,(H,15,18)(H3,14,16,17). The van der Waals surface area contributed by atoms with Crippen LogP contribution in [0.5, 0.6) is 0 Å². The Kier molecular flexibility index (Phi) is 6.54. The summed E-state index contributed by atoms with van der Waals surface area (Å²) in [6.07, 6.45) is 6.92. The van der Waals surface area contributed by atoms with Crippen LogP contribution < -0.4 is 16.4 Å². The molecule has 5 heteroatoms. The molecule has 0 aromatic rings. The van der Waals surface area contributed by atoms with Crippen LogP contribution >= 0.6 is 0 Å². The number of amides is 1. The Hall–Kier alpha value is -1.26. The van der Waals surface area contributed by atoms with E-state index in [-0.39, 0.29) is 11.9 Å². The molecule has 0 aliphatic heterocycles. The van der Waals surface area contributed by atoms with Gasteiger partial charge in [-0.25, -0.2) is 0 Å². The van der Waals surface area contributed by atoms with Gasteiger partial charge in [-0.15, -0.1) is 0 Å². The van der Waals surface area contributed by atoms with Crippen LogP contribution in [0.15, 0.2) is 4.99 Å². The number of nitrogens with zero attached hydrogens (tertiary/aromatic N) is 1. The number of nitrogens with one attached hydrogen (secondary N) is 2. The molecule has 0 aromatic heterocycles. The summed E-state index contributed by atoms with van der Waals surface area (Å²) in [5.74, 6) is 0.361. The lowest BCUT2D eigenvalue weighted by atomic mass is 9.96. The van der Waals surface area contributed by atoms with E-state index in [9.17, 15) is 4.79 Å². The van der Waals surface area contributed by atoms with Gasteiger partial charge in [0.2, 0.25) is 5.91 Å². The second-order valence-corrected chi connectivity index (χ2v) is 4.96. The first kappa shape index (κ1) is 14.8. The molecule has 0 bridgehead atoms. The van der Waals surface area contributed by atoms with Gasteiger partial charge in [-0.1, -0.05) is 26.2 Å². The third kappa shape index (κ3) is 5.38. The highest BCUT2D eigenvalue weighted by Gasteiger charge is 2.15. The number of nitrogens with two attached hydrogens (primary N) is 1. The van der Waals surface area contributed by atoms with E-state index in [1.807, 2.05) is 6.92 Å². The van der Waals surface area contributed by atoms with Gasteiger partial charge >= 0.3 is 0 Å². The van der Waals surface area contributed by atoms with Crippen molar-refractivity contribution in [3.63, 3.8) is 0 Å². The fourth-order valence-corrected chi connectivity index (χ4v) is 2.13. The van der Waals surface area contributed by atoms with Crippen LogP contribution in [0, 0.1) is 0 Å². The average Bonchev–Trinajstić information content (AvgIpc) is 2.36. The van der Waals surface area contributed by atoms with Crippen LogP contribution in [0.4, 0.5) is 0 Å². The predicted molar refractivity (Wildman–Crippen MR) is 74.4 cm³/mol. The van der Waals surface area contributed by atoms with Crippen molar-refractivity contribution >= 4 is 11.9 Å². The summed E-state index contributed by atoms with van der Waals surface area (Å²) < 4.78 is 0. The quantitative estimate of drug-likeness (QED) is 0.508. The third-order valence-corrected chi connectivity index (χ3v) is 3.20. The summed E-state index contributed by atoms with van der Waals surface area (Å²) in [6, 6.07) is 0.000966. The lowest BCUT2D eigenvalue weighted by Gasteiger charge is -2.20. The first-order chi connectivity index (χ1) is 8.63. The van der Waals surface area contributed by atoms with E-state index < -0.39 is 0 Å². The summed E-state index contributed by atoms with van der Waals surface area (Å²) in [4.78, 5) is 16.1. The fourth-order valence-electron chi connectivity index (χ4n) is 2.13. The number of guanidine groups is 1. The van der Waals surface area contributed by atoms with Crippen molar-refractivity contribution in [3.8, 4) is 0 Å². The Morgan fingerprint density at radius 3 is 2.67 bits per heavy atom. The summed E-state index contributed by atoms with van der Waals surface area (Å²) >= 11 is 0. The predicted octanol–water partition coefficient (Wildman–Crippen LogP) is 1.14. The Balaban J connectivity index is 2.35. The molecule has 0 spiro atoms. The molecule has 4 N–H and O–H groups in total. The number of hydrogen-bond donors (Lipinski definition) is 3. The molecular formula is C13H26N4O. The number of carbonyl (C=O) groups excluding carboxylic acids is 1. The Morgan fingerprint density at radius 1 is 1.39 bits per heavy atom. The first-order valence-corrected chi connectivity index (χ1v) is 7.01. The molecule has 5 nitrogen and oxygen atoms in total. The second kappa shape index (κ2) is 7.95. The highest BCUT2D eigenvalue weighted by molar-refractivity contribution is 5.87. The zero-order chi connectivity index (χ0) is 13.4. The van der Waals surface area contributed by atoms with Gasteiger partial charge in [0.15, 0.2) is 5.96 Å². The minimum atomic E-state index is -0.330. The van der Waals surface area contributed by atoms with Crippen molar-refractivity contribution < 1.29 is 4.79 Å². The SMILES string of the molecule is CCCNC(=O)C(C)NC(N)=NC1CCCCC1. The number of aliphatic imine (C=N–C) groups is 1. The molecule has 104 valence electrons. The molecule has 1 unspecified atom stereocenters. The lowest BCUT2D eigenvalue weighted by molar-refractivity contribution is -0.122. The monoisotopic (exact) mass is 254 g/mol. The first-order valence-electron chi connectivity index (χ1n) is 7.01. The maximum absolute atomic E-state index is 11.6. The van der Waals surface area contributed by atoms with Crippen molar-refractivity contribution in [2.24, 2.45) is 10.7 Å². The Bertz CT molecular complexity index is 285. The van der Waals surface area contributed by atoms with Gasteiger partial charge in [-0.3, -0.25) is 9.79 Å². The molecule has 1 amide bonds. The Labute approximate surface area is 110 Å². The fraction of sp³-hybridized carbons (Fsp3) is 0.846. The smallest absolute Gasteiger partial charge is 0.242 e. The number of rotatable bonds is 5. The zero-order valence-electron chi connectivity index (χ0n) is 11.5. The molecule has 1 rings (SSSR count). The Morgan fingerprint density at radius 2 is 2.06 bits per heavy atom. The van der Waals surface area contributed by atoms with Crippen LogP contribution in [-0.4, -0.2) is 30.5 Å². The highest BCUT2D eigenvalue weighted by atomic mass is 16.2. The summed E-state index contributed by atoms with van der Waals surface area (Å²) in [6.45, 7) is 4.52. The van der Waals surface area contributed by atoms with Gasteiger partial charge in [0, 0.05) is 6.54 Å². The van der Waals surface area contributed by atoms with Crippen molar-refractivity contribution in [3.05, 3.63) is 0 Å². The molecular weight excluding hydrogens is 228 g/mol. The molecule has 1 aliphatic rings. The van der Waals surface area contributed by atoms with Crippen LogP contribution in [-0.2, 0) is 4.79 Å². The minimum Gasteiger partial charge on any atom is -0.370 e. The summed E-state index contributed by atoms with van der Waals surface area (Å²) in [7, 11) is 0. The summed E-state index contributed by atoms with van der Waals surface area (Å²) in [5.41, 5.74) is 5.83. The van der Waals surface area contributed by atoms with Crippen LogP contribution in [0.2, 0.25) is 0 Å². The topological polar surface area (TPSA) is 79.5 Å². The van der Waals surface area contributed by atoms with Crippen molar-refractivity contribution in [2.45, 2.75) is 64.5 Å². The molecule has 18 heavy (non-hydrogen) atoms. The van der Waals surface area contributed by atoms with Crippen molar-refractivity contribution in [1.82, 2.24) is 10.6 Å². The largest absolute Gasteiger partial charge is 0.370 e. The van der Waals surface area contributed by atoms with Gasteiger partial charge < -0.3 is 16.4 Å². The molecule has 0 saturated heterocycles. The molecule has 0 aromatic carbocycles. The molecule has 0 heterocycles. The van der Waals surface area contributed by atoms with E-state index >= 15 is 0 Å². The lowest BCUT2D eigenvalue weighted by Crippen LogP contribution is -2.48. The van der Waals surface area contributed by atoms with Crippen LogP contribution in [0.1, 0.15) is 52.4 Å². The van der Waals surface area contributed by atoms with Crippen LogP contribution in [0.25, 0.3) is 0 Å². The zero-order valence-corrected chi connectivity index (χ0v) is 11.5. The van der Waals surface area contributed by atoms with Gasteiger partial charge in [0.1, 0.15) is 6.04 Å². The third-order valence-electron chi connectivity index (χ3n) is 3.20. The summed E-state index contributed by atoms with van der Waals surface area (Å²) in [5, 5.41) is 5.78. The van der Waals surface area contributed by atoms with E-state index in [1.54, 1.807) is 6.92 Å². The van der Waals surface area contributed by atoms with Crippen molar-refractivity contribution in [1.29, 1.82) is 0 Å². The van der Waals surface area contributed by atoms with E-state index in [0.29, 0.717) is 18.5 Å². The van der Waals surface area contributed by atoms with Crippen molar-refractivity contribution in [2.75, 3.05) is 6.54 Å². The number of carbonyl (C=O) groups is 1. The van der Waals surface area contributed by atoms with Crippen LogP contribution in [0.3, 0.4) is 0 Å². The molecule has 1 aliphatic carbocycles. The van der Waals surface area contributed by atoms with Gasteiger partial charge in [-0.2, -0.15) is 0 Å². The maximum Gasteiger partial charge on any atom is 0.242 e. The van der Waals surface area contributed by atoms with Gasteiger partial charge in [-0.05, 0) is 26.2 Å². The maximum atomic E-state index is 11.6. The van der Waals surface area contributed by atoms with E-state index in [2.05, 4.69) is 15.6 Å². The number of hydrogen-bond acceptors (Lipinski definition) is 2. The molecule has 1 saturated carbocycles. The van der Waals surface area contributed by atoms with E-state index in [4.69, 9.17) is 5.73 Å². The normalized spacial score (nSPS) is 19.3. The highest BCUT2D eigenvalue weighted by Crippen LogP contribution is 2.19. The minimum absolute atomic E-state index is 0.0290. The average molecular weight is 254 g/mol. The van der Waals surface area contributed by atoms with E-state index in [0.717, 1.165) is 19.3 Å². The second-order valence-electron chi connectivity index (χ2n) is 4.96. The molecule has 1 atom stereocenters.